The molecular formula is C21H26ClF2N3O3. The molecule has 0 aliphatic heterocycles. The average Bonchev–Trinajstić information content (AvgIpc) is 2.67. The molecule has 0 saturated carbocycles. The highest BCUT2D eigenvalue weighted by Crippen LogP contribution is 2.31. The van der Waals surface area contributed by atoms with Crippen LogP contribution < -0.4 is 15.8 Å². The summed E-state index contributed by atoms with van der Waals surface area (Å²) < 4.78 is 40.0. The highest BCUT2D eigenvalue weighted by molar-refractivity contribution is 5.94. The molecule has 0 aliphatic rings. The summed E-state index contributed by atoms with van der Waals surface area (Å²) in [5.74, 6) is -2.74. The van der Waals surface area contributed by atoms with E-state index in [-0.39, 0.29) is 43.2 Å². The summed E-state index contributed by atoms with van der Waals surface area (Å²) in [5, 5.41) is 10.0. The number of nitrogens with two attached hydrogens (primary N) is 1. The van der Waals surface area contributed by atoms with Gasteiger partial charge in [0.15, 0.2) is 17.7 Å². The molecule has 2 rings (SSSR count). The van der Waals surface area contributed by atoms with Gasteiger partial charge in [-0.2, -0.15) is 0 Å². The zero-order valence-electron chi connectivity index (χ0n) is 17.0. The van der Waals surface area contributed by atoms with Crippen molar-refractivity contribution in [1.82, 2.24) is 5.32 Å². The Morgan fingerprint density at radius 1 is 1.17 bits per heavy atom. The van der Waals surface area contributed by atoms with Crippen LogP contribution in [0.15, 0.2) is 36.4 Å². The van der Waals surface area contributed by atoms with Crippen molar-refractivity contribution in [3.8, 4) is 5.75 Å². The van der Waals surface area contributed by atoms with Gasteiger partial charge in [0.25, 0.3) is 5.91 Å². The standard InChI is InChI=1S/C21H25F2N3O3.ClH/c1-4-28-19(17-15(22)9-10-16(18(17)23)29-12(2)3)21(27)26-11-13-5-7-14(8-6-13)20(24)25;/h5-10,12,19H,4,11H2,1-3H3,(H3,24,25)(H,26,27);1H/t19-;/m0./s1. The Morgan fingerprint density at radius 2 is 1.80 bits per heavy atom. The quantitative estimate of drug-likeness (QED) is 0.406. The number of amides is 1. The number of hydrogen-bond acceptors (Lipinski definition) is 4. The minimum Gasteiger partial charge on any atom is -0.488 e. The van der Waals surface area contributed by atoms with E-state index in [0.29, 0.717) is 5.56 Å². The number of hydrogen-bond donors (Lipinski definition) is 3. The topological polar surface area (TPSA) is 97.4 Å². The lowest BCUT2D eigenvalue weighted by Crippen LogP contribution is -2.32. The van der Waals surface area contributed by atoms with Crippen LogP contribution in [0.25, 0.3) is 0 Å². The monoisotopic (exact) mass is 441 g/mol. The van der Waals surface area contributed by atoms with Crippen LogP contribution in [0.4, 0.5) is 8.78 Å². The van der Waals surface area contributed by atoms with Crippen molar-refractivity contribution in [3.63, 3.8) is 0 Å². The number of nitrogen functional groups attached to an aromatic ring is 1. The molecule has 0 saturated heterocycles. The third kappa shape index (κ3) is 6.40. The molecule has 2 aromatic carbocycles. The van der Waals surface area contributed by atoms with Crippen molar-refractivity contribution in [1.29, 1.82) is 5.41 Å². The fourth-order valence-electron chi connectivity index (χ4n) is 2.68. The van der Waals surface area contributed by atoms with Crippen LogP contribution in [-0.4, -0.2) is 24.5 Å². The fraction of sp³-hybridized carbons (Fsp3) is 0.333. The SMILES string of the molecule is CCO[C@H](C(=O)NCc1ccc(C(=N)N)cc1)c1c(F)ccc(OC(C)C)c1F.Cl. The molecule has 1 amide bonds. The molecule has 6 nitrogen and oxygen atoms in total. The van der Waals surface area contributed by atoms with Crippen LogP contribution in [0.2, 0.25) is 0 Å². The molecule has 1 atom stereocenters. The summed E-state index contributed by atoms with van der Waals surface area (Å²) >= 11 is 0. The van der Waals surface area contributed by atoms with Crippen LogP contribution in [0, 0.1) is 17.0 Å². The zero-order valence-corrected chi connectivity index (χ0v) is 17.8. The van der Waals surface area contributed by atoms with Crippen LogP contribution in [-0.2, 0) is 16.1 Å². The van der Waals surface area contributed by atoms with E-state index in [1.165, 1.54) is 6.07 Å². The van der Waals surface area contributed by atoms with Crippen LogP contribution in [0.1, 0.15) is 43.6 Å². The van der Waals surface area contributed by atoms with Gasteiger partial charge in [0.05, 0.1) is 11.7 Å². The molecule has 0 heterocycles. The maximum absolute atomic E-state index is 14.9. The Kier molecular flexibility index (Phi) is 9.68. The van der Waals surface area contributed by atoms with E-state index >= 15 is 0 Å². The van der Waals surface area contributed by atoms with Gasteiger partial charge in [-0.05, 0) is 38.5 Å². The van der Waals surface area contributed by atoms with Gasteiger partial charge < -0.3 is 20.5 Å². The number of carbonyl (C=O) groups is 1. The maximum atomic E-state index is 14.9. The van der Waals surface area contributed by atoms with Crippen molar-refractivity contribution >= 4 is 24.1 Å². The third-order valence-electron chi connectivity index (χ3n) is 4.02. The van der Waals surface area contributed by atoms with E-state index in [1.807, 2.05) is 0 Å². The van der Waals surface area contributed by atoms with E-state index in [9.17, 15) is 13.6 Å². The number of rotatable bonds is 9. The lowest BCUT2D eigenvalue weighted by molar-refractivity contribution is -0.133. The van der Waals surface area contributed by atoms with Gasteiger partial charge in [-0.3, -0.25) is 10.2 Å². The van der Waals surface area contributed by atoms with Crippen molar-refractivity contribution in [2.45, 2.75) is 39.5 Å². The molecule has 0 bridgehead atoms. The normalized spacial score (nSPS) is 11.5. The van der Waals surface area contributed by atoms with Gasteiger partial charge in [-0.1, -0.05) is 24.3 Å². The van der Waals surface area contributed by atoms with Gasteiger partial charge in [0.1, 0.15) is 11.7 Å². The second-order valence-electron chi connectivity index (χ2n) is 6.60. The summed E-state index contributed by atoms with van der Waals surface area (Å²) in [6.45, 7) is 5.26. The number of amidine groups is 1. The number of halogens is 3. The Morgan fingerprint density at radius 3 is 2.33 bits per heavy atom. The van der Waals surface area contributed by atoms with Gasteiger partial charge in [0, 0.05) is 18.7 Å². The fourth-order valence-corrected chi connectivity index (χ4v) is 2.68. The molecular weight excluding hydrogens is 416 g/mol. The molecule has 0 aliphatic carbocycles. The second kappa shape index (κ2) is 11.5. The molecule has 4 N–H and O–H groups in total. The van der Waals surface area contributed by atoms with Crippen molar-refractivity contribution in [2.24, 2.45) is 5.73 Å². The first-order valence-corrected chi connectivity index (χ1v) is 9.21. The second-order valence-corrected chi connectivity index (χ2v) is 6.60. The van der Waals surface area contributed by atoms with E-state index in [1.54, 1.807) is 45.0 Å². The Bertz CT molecular complexity index is 877. The smallest absolute Gasteiger partial charge is 0.254 e. The maximum Gasteiger partial charge on any atom is 0.254 e. The van der Waals surface area contributed by atoms with Crippen LogP contribution in [0.5, 0.6) is 5.75 Å². The van der Waals surface area contributed by atoms with E-state index in [0.717, 1.165) is 11.6 Å². The molecule has 0 radical (unpaired) electrons. The number of ether oxygens (including phenoxy) is 2. The summed E-state index contributed by atoms with van der Waals surface area (Å²) in [4.78, 5) is 12.7. The van der Waals surface area contributed by atoms with Gasteiger partial charge >= 0.3 is 0 Å². The number of carbonyl (C=O) groups excluding carboxylic acids is 1. The number of nitrogens with one attached hydrogen (secondary N) is 2. The highest BCUT2D eigenvalue weighted by Gasteiger charge is 2.29. The van der Waals surface area contributed by atoms with Crippen LogP contribution in [0.3, 0.4) is 0 Å². The van der Waals surface area contributed by atoms with Gasteiger partial charge in [0.2, 0.25) is 0 Å². The predicted molar refractivity (Wildman–Crippen MR) is 113 cm³/mol. The average molecular weight is 442 g/mol. The lowest BCUT2D eigenvalue weighted by atomic mass is 10.1. The summed E-state index contributed by atoms with van der Waals surface area (Å²) in [6.07, 6.45) is -1.78. The molecule has 9 heteroatoms. The van der Waals surface area contributed by atoms with Gasteiger partial charge in [-0.25, -0.2) is 8.78 Å². The number of benzene rings is 2. The molecule has 0 fully saturated rings. The van der Waals surface area contributed by atoms with Crippen molar-refractivity contribution < 1.29 is 23.0 Å². The van der Waals surface area contributed by atoms with E-state index < -0.39 is 29.2 Å². The van der Waals surface area contributed by atoms with Crippen LogP contribution >= 0.6 is 12.4 Å². The van der Waals surface area contributed by atoms with E-state index in [2.05, 4.69) is 5.32 Å². The van der Waals surface area contributed by atoms with Crippen molar-refractivity contribution in [2.75, 3.05) is 6.61 Å². The molecule has 164 valence electrons. The molecule has 0 unspecified atom stereocenters. The van der Waals surface area contributed by atoms with Gasteiger partial charge in [-0.15, -0.1) is 12.4 Å². The predicted octanol–water partition coefficient (Wildman–Crippen LogP) is 3.85. The first-order valence-electron chi connectivity index (χ1n) is 9.21. The van der Waals surface area contributed by atoms with Crippen molar-refractivity contribution in [3.05, 3.63) is 64.7 Å². The van der Waals surface area contributed by atoms with E-state index in [4.69, 9.17) is 20.6 Å². The summed E-state index contributed by atoms with van der Waals surface area (Å²) in [7, 11) is 0. The molecule has 0 aromatic heterocycles. The highest BCUT2D eigenvalue weighted by atomic mass is 35.5. The minimum atomic E-state index is -1.47. The minimum absolute atomic E-state index is 0. The first kappa shape index (κ1) is 25.3. The lowest BCUT2D eigenvalue weighted by Gasteiger charge is -2.20. The zero-order chi connectivity index (χ0) is 21.6. The first-order chi connectivity index (χ1) is 13.7. The summed E-state index contributed by atoms with van der Waals surface area (Å²) in [6, 6.07) is 8.93. The Labute approximate surface area is 180 Å². The Balaban J connectivity index is 0.00000450. The summed E-state index contributed by atoms with van der Waals surface area (Å²) in [5.41, 5.74) is 6.21. The molecule has 30 heavy (non-hydrogen) atoms. The molecule has 0 spiro atoms. The Hall–Kier alpha value is -2.71. The largest absolute Gasteiger partial charge is 0.488 e. The third-order valence-corrected chi connectivity index (χ3v) is 4.02. The molecule has 2 aromatic rings.